The summed E-state index contributed by atoms with van der Waals surface area (Å²) in [5.41, 5.74) is 5.81. The number of nitrogen functional groups attached to an aromatic ring is 1. The number of likely N-dealkylation sites (N-methyl/N-ethyl adjacent to an activating group) is 1. The first-order chi connectivity index (χ1) is 8.76. The lowest BCUT2D eigenvalue weighted by Gasteiger charge is -2.44. The maximum Gasteiger partial charge on any atom is 0.260 e. The van der Waals surface area contributed by atoms with E-state index < -0.39 is 5.54 Å². The minimum Gasteiger partial charge on any atom is -0.382 e. The molecule has 7 nitrogen and oxygen atoms in total. The molecular weight excluding hydrogens is 246 g/mol. The molecule has 2 rings (SSSR count). The zero-order valence-electron chi connectivity index (χ0n) is 11.6. The van der Waals surface area contributed by atoms with Gasteiger partial charge in [0.05, 0.1) is 0 Å². The number of carbonyl (C=O) groups is 2. The van der Waals surface area contributed by atoms with Crippen molar-refractivity contribution in [3.05, 3.63) is 11.3 Å². The Morgan fingerprint density at radius 1 is 1.42 bits per heavy atom. The molecule has 0 atom stereocenters. The zero-order valence-corrected chi connectivity index (χ0v) is 11.6. The number of aromatic amines is 1. The van der Waals surface area contributed by atoms with Gasteiger partial charge in [-0.3, -0.25) is 14.7 Å². The highest BCUT2D eigenvalue weighted by molar-refractivity contribution is 6.03. The average Bonchev–Trinajstić information content (AvgIpc) is 2.65. The quantitative estimate of drug-likeness (QED) is 0.746. The number of carbonyl (C=O) groups excluding carboxylic acids is 2. The van der Waals surface area contributed by atoms with Gasteiger partial charge < -0.3 is 15.5 Å². The fourth-order valence-electron chi connectivity index (χ4n) is 2.42. The van der Waals surface area contributed by atoms with Crippen LogP contribution in [0, 0.1) is 6.92 Å². The van der Waals surface area contributed by atoms with Gasteiger partial charge in [-0.05, 0) is 20.8 Å². The molecule has 0 unspecified atom stereocenters. The summed E-state index contributed by atoms with van der Waals surface area (Å²) in [6.45, 7) is 6.23. The summed E-state index contributed by atoms with van der Waals surface area (Å²) in [6, 6.07) is 0. The molecule has 19 heavy (non-hydrogen) atoms. The van der Waals surface area contributed by atoms with Crippen LogP contribution in [0.15, 0.2) is 0 Å². The van der Waals surface area contributed by atoms with E-state index in [1.807, 2.05) is 0 Å². The van der Waals surface area contributed by atoms with Crippen LogP contribution >= 0.6 is 0 Å². The largest absolute Gasteiger partial charge is 0.382 e. The molecule has 1 saturated heterocycles. The predicted molar refractivity (Wildman–Crippen MR) is 70.5 cm³/mol. The van der Waals surface area contributed by atoms with Gasteiger partial charge in [0.25, 0.3) is 5.91 Å². The van der Waals surface area contributed by atoms with Crippen LogP contribution in [0.2, 0.25) is 0 Å². The van der Waals surface area contributed by atoms with E-state index in [2.05, 4.69) is 10.2 Å². The Morgan fingerprint density at radius 2 is 2.05 bits per heavy atom. The molecule has 104 valence electrons. The topological polar surface area (TPSA) is 95.3 Å². The van der Waals surface area contributed by atoms with E-state index in [0.29, 0.717) is 24.3 Å². The fraction of sp³-hybridized carbons (Fsp3) is 0.583. The zero-order chi connectivity index (χ0) is 14.4. The number of nitrogens with zero attached hydrogens (tertiary/aromatic N) is 3. The Balaban J connectivity index is 2.37. The minimum atomic E-state index is -0.875. The molecule has 0 bridgehead atoms. The predicted octanol–water partition coefficient (Wildman–Crippen LogP) is -0.00688. The molecule has 1 aliphatic rings. The molecule has 1 aromatic heterocycles. The molecule has 0 aromatic carbocycles. The van der Waals surface area contributed by atoms with Gasteiger partial charge in [0, 0.05) is 25.8 Å². The van der Waals surface area contributed by atoms with Crippen LogP contribution in [-0.4, -0.2) is 57.5 Å². The molecule has 7 heteroatoms. The maximum absolute atomic E-state index is 12.6. The SMILES string of the molecule is Cc1[nH]nc(N)c1C(=O)N1CCN(C)C(=O)C1(C)C. The van der Waals surface area contributed by atoms with E-state index >= 15 is 0 Å². The number of hydrogen-bond acceptors (Lipinski definition) is 4. The average molecular weight is 265 g/mol. The number of amides is 2. The molecule has 1 aromatic rings. The van der Waals surface area contributed by atoms with Gasteiger partial charge in [-0.2, -0.15) is 5.10 Å². The van der Waals surface area contributed by atoms with E-state index in [1.165, 1.54) is 0 Å². The number of aryl methyl sites for hydroxylation is 1. The summed E-state index contributed by atoms with van der Waals surface area (Å²) in [7, 11) is 1.74. The van der Waals surface area contributed by atoms with E-state index in [0.717, 1.165) is 0 Å². The molecule has 0 spiro atoms. The Labute approximate surface area is 111 Å². The molecule has 3 N–H and O–H groups in total. The minimum absolute atomic E-state index is 0.0770. The summed E-state index contributed by atoms with van der Waals surface area (Å²) in [5, 5.41) is 6.51. The van der Waals surface area contributed by atoms with Crippen LogP contribution < -0.4 is 5.73 Å². The van der Waals surface area contributed by atoms with Crippen molar-refractivity contribution in [3.63, 3.8) is 0 Å². The first kappa shape index (κ1) is 13.4. The number of H-pyrrole nitrogens is 1. The summed E-state index contributed by atoms with van der Waals surface area (Å²) < 4.78 is 0. The van der Waals surface area contributed by atoms with Gasteiger partial charge in [-0.15, -0.1) is 0 Å². The summed E-state index contributed by atoms with van der Waals surface area (Å²) in [5.74, 6) is -0.160. The Kier molecular flexibility index (Phi) is 3.00. The van der Waals surface area contributed by atoms with Crippen LogP contribution in [0.4, 0.5) is 5.82 Å². The third-order valence-corrected chi connectivity index (χ3v) is 3.64. The Hall–Kier alpha value is -2.05. The molecule has 0 radical (unpaired) electrons. The van der Waals surface area contributed by atoms with Gasteiger partial charge >= 0.3 is 0 Å². The Morgan fingerprint density at radius 3 is 2.58 bits per heavy atom. The lowest BCUT2D eigenvalue weighted by Crippen LogP contribution is -2.63. The lowest BCUT2D eigenvalue weighted by molar-refractivity contribution is -0.144. The highest BCUT2D eigenvalue weighted by Gasteiger charge is 2.44. The van der Waals surface area contributed by atoms with Crippen LogP contribution in [0.25, 0.3) is 0 Å². The highest BCUT2D eigenvalue weighted by atomic mass is 16.2. The van der Waals surface area contributed by atoms with Gasteiger partial charge in [-0.1, -0.05) is 0 Å². The number of piperazine rings is 1. The molecule has 0 aliphatic carbocycles. The third kappa shape index (κ3) is 1.94. The van der Waals surface area contributed by atoms with E-state index in [1.54, 1.807) is 37.6 Å². The van der Waals surface area contributed by atoms with Crippen LogP contribution in [0.3, 0.4) is 0 Å². The molecular formula is C12H19N5O2. The first-order valence-corrected chi connectivity index (χ1v) is 6.14. The van der Waals surface area contributed by atoms with Gasteiger partial charge in [0.15, 0.2) is 5.82 Å². The maximum atomic E-state index is 12.6. The molecule has 1 aliphatic heterocycles. The number of nitrogens with one attached hydrogen (secondary N) is 1. The monoisotopic (exact) mass is 265 g/mol. The summed E-state index contributed by atoms with van der Waals surface area (Å²) >= 11 is 0. The van der Waals surface area contributed by atoms with Crippen LogP contribution in [0.5, 0.6) is 0 Å². The number of rotatable bonds is 1. The fourth-order valence-corrected chi connectivity index (χ4v) is 2.42. The van der Waals surface area contributed by atoms with Crippen molar-refractivity contribution in [3.8, 4) is 0 Å². The molecule has 1 fully saturated rings. The van der Waals surface area contributed by atoms with Crippen molar-refractivity contribution < 1.29 is 9.59 Å². The first-order valence-electron chi connectivity index (χ1n) is 6.14. The second kappa shape index (κ2) is 4.25. The van der Waals surface area contributed by atoms with E-state index in [-0.39, 0.29) is 17.6 Å². The number of aromatic nitrogens is 2. The highest BCUT2D eigenvalue weighted by Crippen LogP contribution is 2.26. The number of hydrogen-bond donors (Lipinski definition) is 2. The van der Waals surface area contributed by atoms with Gasteiger partial charge in [0.1, 0.15) is 11.1 Å². The van der Waals surface area contributed by atoms with Crippen molar-refractivity contribution in [2.24, 2.45) is 0 Å². The second-order valence-corrected chi connectivity index (χ2v) is 5.35. The van der Waals surface area contributed by atoms with Crippen LogP contribution in [0.1, 0.15) is 29.9 Å². The van der Waals surface area contributed by atoms with Gasteiger partial charge in [0.2, 0.25) is 5.91 Å². The summed E-state index contributed by atoms with van der Waals surface area (Å²) in [4.78, 5) is 28.0. The third-order valence-electron chi connectivity index (χ3n) is 3.64. The number of anilines is 1. The molecule has 2 heterocycles. The smallest absolute Gasteiger partial charge is 0.260 e. The normalized spacial score (nSPS) is 18.8. The van der Waals surface area contributed by atoms with Crippen molar-refractivity contribution in [1.82, 2.24) is 20.0 Å². The van der Waals surface area contributed by atoms with Crippen molar-refractivity contribution in [1.29, 1.82) is 0 Å². The van der Waals surface area contributed by atoms with Crippen LogP contribution in [-0.2, 0) is 4.79 Å². The van der Waals surface area contributed by atoms with Crippen molar-refractivity contribution in [2.45, 2.75) is 26.3 Å². The van der Waals surface area contributed by atoms with Gasteiger partial charge in [-0.25, -0.2) is 0 Å². The molecule has 2 amide bonds. The van der Waals surface area contributed by atoms with E-state index in [9.17, 15) is 9.59 Å². The second-order valence-electron chi connectivity index (χ2n) is 5.35. The van der Waals surface area contributed by atoms with E-state index in [4.69, 9.17) is 5.73 Å². The van der Waals surface area contributed by atoms with Crippen molar-refractivity contribution in [2.75, 3.05) is 25.9 Å². The number of nitrogens with two attached hydrogens (primary N) is 1. The van der Waals surface area contributed by atoms with Crippen molar-refractivity contribution >= 4 is 17.6 Å². The Bertz CT molecular complexity index is 515. The lowest BCUT2D eigenvalue weighted by atomic mass is 9.96. The standard InChI is InChI=1S/C12H19N5O2/c1-7-8(9(13)15-14-7)10(18)17-6-5-16(4)11(19)12(17,2)3/h5-6H2,1-4H3,(H3,13,14,15). The summed E-state index contributed by atoms with van der Waals surface area (Å²) in [6.07, 6.45) is 0. The molecule has 0 saturated carbocycles.